The summed E-state index contributed by atoms with van der Waals surface area (Å²) >= 11 is 5.96. The van der Waals surface area contributed by atoms with Crippen LogP contribution in [0, 0.1) is 11.3 Å². The van der Waals surface area contributed by atoms with Crippen LogP contribution in [0.1, 0.15) is 25.3 Å². The van der Waals surface area contributed by atoms with E-state index in [2.05, 4.69) is 12.2 Å². The minimum atomic E-state index is -0.540. The summed E-state index contributed by atoms with van der Waals surface area (Å²) < 4.78 is 10.8. The van der Waals surface area contributed by atoms with Crippen molar-refractivity contribution >= 4 is 29.3 Å². The minimum absolute atomic E-state index is 0.0309. The van der Waals surface area contributed by atoms with Crippen molar-refractivity contribution in [3.63, 3.8) is 0 Å². The summed E-state index contributed by atoms with van der Waals surface area (Å²) in [5.74, 6) is 0.673. The van der Waals surface area contributed by atoms with Crippen molar-refractivity contribution in [1.29, 1.82) is 5.26 Å². The van der Waals surface area contributed by atoms with E-state index in [1.807, 2.05) is 18.2 Å². The van der Waals surface area contributed by atoms with Crippen molar-refractivity contribution in [2.24, 2.45) is 0 Å². The van der Waals surface area contributed by atoms with Gasteiger partial charge in [-0.1, -0.05) is 37.1 Å². The first-order valence-electron chi connectivity index (χ1n) is 8.57. The Labute approximate surface area is 164 Å². The zero-order chi connectivity index (χ0) is 19.6. The molecule has 1 N–H and O–H groups in total. The van der Waals surface area contributed by atoms with E-state index in [4.69, 9.17) is 21.1 Å². The lowest BCUT2D eigenvalue weighted by Gasteiger charge is -2.10. The maximum Gasteiger partial charge on any atom is 0.266 e. The molecule has 0 fully saturated rings. The third-order valence-electron chi connectivity index (χ3n) is 3.73. The molecule has 27 heavy (non-hydrogen) atoms. The molecule has 0 unspecified atom stereocenters. The van der Waals surface area contributed by atoms with E-state index >= 15 is 0 Å². The predicted octanol–water partition coefficient (Wildman–Crippen LogP) is 5.07. The zero-order valence-corrected chi connectivity index (χ0v) is 16.0. The van der Waals surface area contributed by atoms with Crippen LogP contribution in [0.5, 0.6) is 11.5 Å². The van der Waals surface area contributed by atoms with Crippen LogP contribution in [0.3, 0.4) is 0 Å². The molecule has 5 nitrogen and oxygen atoms in total. The molecule has 0 saturated carbocycles. The lowest BCUT2D eigenvalue weighted by atomic mass is 10.1. The van der Waals surface area contributed by atoms with E-state index in [-0.39, 0.29) is 5.57 Å². The van der Waals surface area contributed by atoms with Gasteiger partial charge in [0.1, 0.15) is 23.1 Å². The van der Waals surface area contributed by atoms with Gasteiger partial charge in [0.2, 0.25) is 0 Å². The van der Waals surface area contributed by atoms with Crippen molar-refractivity contribution in [2.45, 2.75) is 19.8 Å². The number of rotatable bonds is 8. The Hall–Kier alpha value is -2.97. The number of carbonyl (C=O) groups excluding carboxylic acids is 1. The number of nitrogens with one attached hydrogen (secondary N) is 1. The fraction of sp³-hybridized carbons (Fsp3) is 0.238. The van der Waals surface area contributed by atoms with Crippen LogP contribution in [-0.4, -0.2) is 19.6 Å². The van der Waals surface area contributed by atoms with Crippen LogP contribution in [0.2, 0.25) is 5.02 Å². The number of amides is 1. The highest BCUT2D eigenvalue weighted by Gasteiger charge is 2.13. The molecule has 2 aromatic rings. The molecule has 140 valence electrons. The first-order chi connectivity index (χ1) is 13.1. The van der Waals surface area contributed by atoms with Gasteiger partial charge in [0.05, 0.1) is 19.4 Å². The number of hydrogen-bond acceptors (Lipinski definition) is 4. The summed E-state index contributed by atoms with van der Waals surface area (Å²) in [5.41, 5.74) is 1.09. The molecule has 1 amide bonds. The van der Waals surface area contributed by atoms with E-state index in [0.717, 1.165) is 24.2 Å². The zero-order valence-electron chi connectivity index (χ0n) is 15.3. The Morgan fingerprint density at radius 1 is 1.26 bits per heavy atom. The van der Waals surface area contributed by atoms with Gasteiger partial charge in [-0.3, -0.25) is 4.79 Å². The average Bonchev–Trinajstić information content (AvgIpc) is 2.67. The van der Waals surface area contributed by atoms with E-state index in [0.29, 0.717) is 23.1 Å². The van der Waals surface area contributed by atoms with Crippen LogP contribution in [0.25, 0.3) is 6.08 Å². The number of hydrogen-bond donors (Lipinski definition) is 1. The van der Waals surface area contributed by atoms with Gasteiger partial charge in [-0.25, -0.2) is 0 Å². The van der Waals surface area contributed by atoms with Gasteiger partial charge < -0.3 is 14.8 Å². The average molecular weight is 385 g/mol. The Morgan fingerprint density at radius 3 is 2.63 bits per heavy atom. The highest BCUT2D eigenvalue weighted by atomic mass is 35.5. The highest BCUT2D eigenvalue weighted by Crippen LogP contribution is 2.28. The Bertz CT molecular complexity index is 855. The smallest absolute Gasteiger partial charge is 0.266 e. The maximum atomic E-state index is 12.4. The Balaban J connectivity index is 2.12. The molecule has 2 rings (SSSR count). The SMILES string of the molecule is CCCCOc1ccc(/C=C(\C#N)C(=O)Nc2cc(Cl)ccc2OC)cc1. The molecule has 0 aliphatic carbocycles. The van der Waals surface area contributed by atoms with E-state index in [9.17, 15) is 10.1 Å². The van der Waals surface area contributed by atoms with Crippen LogP contribution >= 0.6 is 11.6 Å². The van der Waals surface area contributed by atoms with Gasteiger partial charge in [-0.05, 0) is 48.4 Å². The second-order valence-electron chi connectivity index (χ2n) is 5.74. The molecule has 0 aliphatic rings. The molecule has 6 heteroatoms. The maximum absolute atomic E-state index is 12.4. The van der Waals surface area contributed by atoms with Gasteiger partial charge in [0.25, 0.3) is 5.91 Å². The number of nitriles is 1. The fourth-order valence-electron chi connectivity index (χ4n) is 2.28. The Kier molecular flexibility index (Phi) is 7.72. The van der Waals surface area contributed by atoms with Crippen molar-refractivity contribution in [1.82, 2.24) is 0 Å². The first kappa shape index (κ1) is 20.3. The third kappa shape index (κ3) is 6.05. The summed E-state index contributed by atoms with van der Waals surface area (Å²) in [6.07, 6.45) is 3.58. The predicted molar refractivity (Wildman–Crippen MR) is 107 cm³/mol. The second kappa shape index (κ2) is 10.2. The van der Waals surface area contributed by atoms with Crippen molar-refractivity contribution in [3.05, 3.63) is 58.6 Å². The topological polar surface area (TPSA) is 71.3 Å². The first-order valence-corrected chi connectivity index (χ1v) is 8.94. The van der Waals surface area contributed by atoms with Crippen LogP contribution in [0.4, 0.5) is 5.69 Å². The molecular formula is C21H21ClN2O3. The van der Waals surface area contributed by atoms with Crippen LogP contribution in [-0.2, 0) is 4.79 Å². The monoisotopic (exact) mass is 384 g/mol. The molecule has 0 aliphatic heterocycles. The number of anilines is 1. The molecule has 0 heterocycles. The lowest BCUT2D eigenvalue weighted by Crippen LogP contribution is -2.14. The Morgan fingerprint density at radius 2 is 2.00 bits per heavy atom. The van der Waals surface area contributed by atoms with E-state index in [1.165, 1.54) is 13.2 Å². The molecule has 0 atom stereocenters. The quantitative estimate of drug-likeness (QED) is 0.391. The van der Waals surface area contributed by atoms with Gasteiger partial charge in [-0.2, -0.15) is 5.26 Å². The van der Waals surface area contributed by atoms with Gasteiger partial charge in [-0.15, -0.1) is 0 Å². The van der Waals surface area contributed by atoms with Gasteiger partial charge >= 0.3 is 0 Å². The summed E-state index contributed by atoms with van der Waals surface area (Å²) in [4.78, 5) is 12.4. The molecule has 2 aromatic carbocycles. The summed E-state index contributed by atoms with van der Waals surface area (Å²) in [7, 11) is 1.49. The van der Waals surface area contributed by atoms with Gasteiger partial charge in [0.15, 0.2) is 0 Å². The summed E-state index contributed by atoms with van der Waals surface area (Å²) in [6.45, 7) is 2.77. The number of methoxy groups -OCH3 is 1. The third-order valence-corrected chi connectivity index (χ3v) is 3.97. The fourth-order valence-corrected chi connectivity index (χ4v) is 2.45. The number of halogens is 1. The number of benzene rings is 2. The summed E-state index contributed by atoms with van der Waals surface area (Å²) in [5, 5.41) is 12.5. The molecule has 0 saturated heterocycles. The molecule has 0 bridgehead atoms. The lowest BCUT2D eigenvalue weighted by molar-refractivity contribution is -0.112. The summed E-state index contributed by atoms with van der Waals surface area (Å²) in [6, 6.07) is 14.0. The van der Waals surface area contributed by atoms with Crippen molar-refractivity contribution in [3.8, 4) is 17.6 Å². The molecular weight excluding hydrogens is 364 g/mol. The number of nitrogens with zero attached hydrogens (tertiary/aromatic N) is 1. The van der Waals surface area contributed by atoms with E-state index < -0.39 is 5.91 Å². The van der Waals surface area contributed by atoms with Crippen LogP contribution in [0.15, 0.2) is 48.0 Å². The molecule has 0 aromatic heterocycles. The van der Waals surface area contributed by atoms with Crippen LogP contribution < -0.4 is 14.8 Å². The molecule has 0 radical (unpaired) electrons. The standard InChI is InChI=1S/C21H21ClN2O3/c1-3-4-11-27-18-8-5-15(6-9-18)12-16(14-23)21(25)24-19-13-17(22)7-10-20(19)26-2/h5-10,12-13H,3-4,11H2,1-2H3,(H,24,25)/b16-12+. The van der Waals surface area contributed by atoms with Gasteiger partial charge in [0, 0.05) is 5.02 Å². The number of ether oxygens (including phenoxy) is 2. The normalized spacial score (nSPS) is 10.8. The minimum Gasteiger partial charge on any atom is -0.495 e. The number of carbonyl (C=O) groups is 1. The van der Waals surface area contributed by atoms with Crippen molar-refractivity contribution in [2.75, 3.05) is 19.0 Å². The number of unbranched alkanes of at least 4 members (excludes halogenated alkanes) is 1. The van der Waals surface area contributed by atoms with Crippen molar-refractivity contribution < 1.29 is 14.3 Å². The molecule has 0 spiro atoms. The second-order valence-corrected chi connectivity index (χ2v) is 6.18. The van der Waals surface area contributed by atoms with E-state index in [1.54, 1.807) is 30.3 Å². The largest absolute Gasteiger partial charge is 0.495 e. The highest BCUT2D eigenvalue weighted by molar-refractivity contribution is 6.31.